The SMILES string of the molecule is CCNC(=NCC(C)CN1CCN(CC)CC1)NCCOc1ccc(OC)cc1.I. The number of aliphatic imine (C=N–C) groups is 1. The Balaban J connectivity index is 0.00000450. The van der Waals surface area contributed by atoms with Gasteiger partial charge in [0.25, 0.3) is 0 Å². The van der Waals surface area contributed by atoms with E-state index in [1.807, 2.05) is 24.3 Å². The Morgan fingerprint density at radius 3 is 2.27 bits per heavy atom. The summed E-state index contributed by atoms with van der Waals surface area (Å²) in [5.74, 6) is 3.06. The molecule has 0 saturated carbocycles. The van der Waals surface area contributed by atoms with E-state index in [9.17, 15) is 0 Å². The van der Waals surface area contributed by atoms with Crippen molar-refractivity contribution in [3.05, 3.63) is 24.3 Å². The fourth-order valence-corrected chi connectivity index (χ4v) is 3.39. The van der Waals surface area contributed by atoms with E-state index in [1.54, 1.807) is 7.11 Å². The van der Waals surface area contributed by atoms with Crippen LogP contribution in [-0.4, -0.2) is 88.4 Å². The highest BCUT2D eigenvalue weighted by atomic mass is 127. The Kier molecular flexibility index (Phi) is 13.9. The molecule has 0 spiro atoms. The molecule has 0 aromatic heterocycles. The molecular weight excluding hydrogens is 493 g/mol. The molecule has 1 fully saturated rings. The van der Waals surface area contributed by atoms with Crippen molar-refractivity contribution >= 4 is 29.9 Å². The average Bonchev–Trinajstić information content (AvgIpc) is 2.76. The van der Waals surface area contributed by atoms with Crippen LogP contribution in [0.25, 0.3) is 0 Å². The van der Waals surface area contributed by atoms with Crippen LogP contribution < -0.4 is 20.1 Å². The second kappa shape index (κ2) is 15.5. The van der Waals surface area contributed by atoms with Crippen molar-refractivity contribution in [1.82, 2.24) is 20.4 Å². The highest BCUT2D eigenvalue weighted by molar-refractivity contribution is 14.0. The molecule has 1 aromatic rings. The van der Waals surface area contributed by atoms with Crippen LogP contribution in [0.1, 0.15) is 20.8 Å². The molecule has 2 N–H and O–H groups in total. The maximum Gasteiger partial charge on any atom is 0.191 e. The standard InChI is InChI=1S/C22H39N5O2.HI/c1-5-23-22(24-11-16-29-21-9-7-20(28-4)8-10-21)25-17-19(3)18-27-14-12-26(6-2)13-15-27;/h7-10,19H,5-6,11-18H2,1-4H3,(H2,23,24,25);1H. The van der Waals surface area contributed by atoms with Crippen molar-refractivity contribution in [1.29, 1.82) is 0 Å². The lowest BCUT2D eigenvalue weighted by Crippen LogP contribution is -2.47. The number of ether oxygens (including phenoxy) is 2. The quantitative estimate of drug-likeness (QED) is 0.197. The van der Waals surface area contributed by atoms with Gasteiger partial charge in [-0.05, 0) is 43.7 Å². The van der Waals surface area contributed by atoms with Crippen LogP contribution in [-0.2, 0) is 0 Å². The number of guanidine groups is 1. The van der Waals surface area contributed by atoms with Gasteiger partial charge in [0.05, 0.1) is 13.7 Å². The molecule has 1 heterocycles. The molecular formula is C22H40IN5O2. The molecule has 1 aromatic carbocycles. The van der Waals surface area contributed by atoms with Crippen LogP contribution in [0.4, 0.5) is 0 Å². The molecule has 172 valence electrons. The number of rotatable bonds is 11. The van der Waals surface area contributed by atoms with Crippen LogP contribution in [0.3, 0.4) is 0 Å². The predicted octanol–water partition coefficient (Wildman–Crippen LogP) is 2.52. The number of nitrogens with one attached hydrogen (secondary N) is 2. The van der Waals surface area contributed by atoms with Gasteiger partial charge in [0.15, 0.2) is 5.96 Å². The molecule has 8 heteroatoms. The largest absolute Gasteiger partial charge is 0.497 e. The molecule has 0 aliphatic carbocycles. The van der Waals surface area contributed by atoms with E-state index in [1.165, 1.54) is 26.2 Å². The van der Waals surface area contributed by atoms with Crippen molar-refractivity contribution in [2.75, 3.05) is 72.6 Å². The van der Waals surface area contributed by atoms with Gasteiger partial charge in [-0.1, -0.05) is 13.8 Å². The Bertz CT molecular complexity index is 592. The van der Waals surface area contributed by atoms with Crippen molar-refractivity contribution in [3.63, 3.8) is 0 Å². The van der Waals surface area contributed by atoms with Gasteiger partial charge in [0.1, 0.15) is 18.1 Å². The minimum atomic E-state index is 0. The van der Waals surface area contributed by atoms with Crippen molar-refractivity contribution in [3.8, 4) is 11.5 Å². The summed E-state index contributed by atoms with van der Waals surface area (Å²) < 4.78 is 10.9. The van der Waals surface area contributed by atoms with E-state index in [-0.39, 0.29) is 24.0 Å². The van der Waals surface area contributed by atoms with E-state index < -0.39 is 0 Å². The summed E-state index contributed by atoms with van der Waals surface area (Å²) in [5, 5.41) is 6.67. The zero-order chi connectivity index (χ0) is 20.9. The second-order valence-electron chi connectivity index (χ2n) is 7.51. The molecule has 0 amide bonds. The van der Waals surface area contributed by atoms with Gasteiger partial charge in [0, 0.05) is 45.8 Å². The van der Waals surface area contributed by atoms with Gasteiger partial charge in [-0.2, -0.15) is 0 Å². The summed E-state index contributed by atoms with van der Waals surface area (Å²) in [6.45, 7) is 16.5. The van der Waals surface area contributed by atoms with Gasteiger partial charge in [-0.15, -0.1) is 24.0 Å². The highest BCUT2D eigenvalue weighted by Crippen LogP contribution is 2.16. The summed E-state index contributed by atoms with van der Waals surface area (Å²) in [6.07, 6.45) is 0. The molecule has 2 rings (SSSR count). The van der Waals surface area contributed by atoms with E-state index in [0.717, 1.165) is 43.6 Å². The summed E-state index contributed by atoms with van der Waals surface area (Å²) >= 11 is 0. The summed E-state index contributed by atoms with van der Waals surface area (Å²) in [4.78, 5) is 9.84. The minimum absolute atomic E-state index is 0. The molecule has 0 radical (unpaired) electrons. The van der Waals surface area contributed by atoms with Crippen molar-refractivity contribution in [2.24, 2.45) is 10.9 Å². The van der Waals surface area contributed by atoms with Gasteiger partial charge in [0.2, 0.25) is 0 Å². The van der Waals surface area contributed by atoms with Crippen LogP contribution in [0, 0.1) is 5.92 Å². The lowest BCUT2D eigenvalue weighted by molar-refractivity contribution is 0.125. The first-order valence-corrected chi connectivity index (χ1v) is 10.9. The summed E-state index contributed by atoms with van der Waals surface area (Å²) in [5.41, 5.74) is 0. The maximum atomic E-state index is 5.77. The zero-order valence-corrected chi connectivity index (χ0v) is 21.4. The topological polar surface area (TPSA) is 61.4 Å². The Hall–Kier alpha value is -1.26. The first-order valence-electron chi connectivity index (χ1n) is 10.9. The molecule has 1 aliphatic heterocycles. The van der Waals surface area contributed by atoms with Crippen LogP contribution in [0.15, 0.2) is 29.3 Å². The lowest BCUT2D eigenvalue weighted by Gasteiger charge is -2.35. The average molecular weight is 533 g/mol. The number of likely N-dealkylation sites (N-methyl/N-ethyl adjacent to an activating group) is 1. The summed E-state index contributed by atoms with van der Waals surface area (Å²) in [6, 6.07) is 7.63. The number of piperazine rings is 1. The van der Waals surface area contributed by atoms with Gasteiger partial charge < -0.3 is 29.9 Å². The maximum absolute atomic E-state index is 5.77. The Morgan fingerprint density at radius 1 is 1.03 bits per heavy atom. The first-order chi connectivity index (χ1) is 14.1. The third-order valence-electron chi connectivity index (χ3n) is 5.11. The molecule has 1 atom stereocenters. The van der Waals surface area contributed by atoms with Gasteiger partial charge in [-0.3, -0.25) is 4.99 Å². The third-order valence-corrected chi connectivity index (χ3v) is 5.11. The predicted molar refractivity (Wildman–Crippen MR) is 136 cm³/mol. The Labute approximate surface area is 199 Å². The normalized spacial score (nSPS) is 16.5. The van der Waals surface area contributed by atoms with Crippen molar-refractivity contribution in [2.45, 2.75) is 20.8 Å². The van der Waals surface area contributed by atoms with Crippen LogP contribution in [0.2, 0.25) is 0 Å². The molecule has 1 aliphatic rings. The van der Waals surface area contributed by atoms with Crippen LogP contribution >= 0.6 is 24.0 Å². The monoisotopic (exact) mass is 533 g/mol. The van der Waals surface area contributed by atoms with Crippen LogP contribution in [0.5, 0.6) is 11.5 Å². The molecule has 1 unspecified atom stereocenters. The van der Waals surface area contributed by atoms with E-state index in [4.69, 9.17) is 14.5 Å². The summed E-state index contributed by atoms with van der Waals surface area (Å²) in [7, 11) is 1.66. The second-order valence-corrected chi connectivity index (χ2v) is 7.51. The van der Waals surface area contributed by atoms with E-state index in [0.29, 0.717) is 19.1 Å². The highest BCUT2D eigenvalue weighted by Gasteiger charge is 2.17. The number of hydrogen-bond acceptors (Lipinski definition) is 5. The number of nitrogens with zero attached hydrogens (tertiary/aromatic N) is 3. The van der Waals surface area contributed by atoms with E-state index in [2.05, 4.69) is 41.2 Å². The molecule has 30 heavy (non-hydrogen) atoms. The number of methoxy groups -OCH3 is 1. The molecule has 1 saturated heterocycles. The minimum Gasteiger partial charge on any atom is -0.497 e. The van der Waals surface area contributed by atoms with E-state index >= 15 is 0 Å². The lowest BCUT2D eigenvalue weighted by atomic mass is 10.1. The number of halogens is 1. The van der Waals surface area contributed by atoms with Gasteiger partial charge in [-0.25, -0.2) is 0 Å². The molecule has 7 nitrogen and oxygen atoms in total. The van der Waals surface area contributed by atoms with Gasteiger partial charge >= 0.3 is 0 Å². The smallest absolute Gasteiger partial charge is 0.191 e. The Morgan fingerprint density at radius 2 is 1.67 bits per heavy atom. The zero-order valence-electron chi connectivity index (χ0n) is 19.0. The fourth-order valence-electron chi connectivity index (χ4n) is 3.39. The number of benzene rings is 1. The fraction of sp³-hybridized carbons (Fsp3) is 0.682. The number of hydrogen-bond donors (Lipinski definition) is 2. The van der Waals surface area contributed by atoms with Crippen molar-refractivity contribution < 1.29 is 9.47 Å². The first kappa shape index (κ1) is 26.8. The molecule has 0 bridgehead atoms. The third kappa shape index (κ3) is 10.2.